The molecule has 1 aromatic carbocycles. The first kappa shape index (κ1) is 18.6. The number of aromatic amines is 1. The molecule has 2 aromatic rings. The van der Waals surface area contributed by atoms with Crippen LogP contribution in [0.4, 0.5) is 0 Å². The van der Waals surface area contributed by atoms with Crippen LogP contribution in [0.15, 0.2) is 30.5 Å². The van der Waals surface area contributed by atoms with Crippen LogP contribution in [-0.4, -0.2) is 27.8 Å². The maximum Gasteiger partial charge on any atom is 0.181 e. The lowest BCUT2D eigenvalue weighted by molar-refractivity contribution is 0.0937. The smallest absolute Gasteiger partial charge is 0.181 e. The zero-order valence-electron chi connectivity index (χ0n) is 12.3. The van der Waals surface area contributed by atoms with Gasteiger partial charge in [0.2, 0.25) is 0 Å². The highest BCUT2D eigenvalue weighted by atomic mass is 35.5. The molecule has 0 saturated heterocycles. The Bertz CT molecular complexity index is 573. The van der Waals surface area contributed by atoms with Crippen molar-refractivity contribution in [3.8, 4) is 0 Å². The predicted molar refractivity (Wildman–Crippen MR) is 85.8 cm³/mol. The molecule has 0 bridgehead atoms. The predicted octanol–water partition coefficient (Wildman–Crippen LogP) is 2.72. The fourth-order valence-electron chi connectivity index (χ4n) is 2.22. The Hall–Kier alpha value is -1.36. The highest BCUT2D eigenvalue weighted by Crippen LogP contribution is 2.19. The Morgan fingerprint density at radius 3 is 2.45 bits per heavy atom. The third-order valence-corrected chi connectivity index (χ3v) is 2.90. The van der Waals surface area contributed by atoms with E-state index in [2.05, 4.69) is 31.1 Å². The van der Waals surface area contributed by atoms with Gasteiger partial charge in [0.1, 0.15) is 0 Å². The maximum atomic E-state index is 12.4. The lowest BCUT2D eigenvalue weighted by Crippen LogP contribution is -2.46. The Morgan fingerprint density at radius 2 is 1.85 bits per heavy atom. The molecule has 4 N–H and O–H groups in total. The monoisotopic (exact) mass is 298 g/mol. The summed E-state index contributed by atoms with van der Waals surface area (Å²) in [7, 11) is 0. The molecule has 1 unspecified atom stereocenters. The van der Waals surface area contributed by atoms with E-state index in [1.807, 2.05) is 31.2 Å². The second kappa shape index (κ2) is 6.88. The number of Topliss-reactive ketones (excluding diaryl/α,β-unsaturated/α-hetero) is 1. The minimum absolute atomic E-state index is 0. The molecular formula is C15H23ClN2O2. The summed E-state index contributed by atoms with van der Waals surface area (Å²) in [6, 6.07) is 7.68. The zero-order valence-corrected chi connectivity index (χ0v) is 13.1. The topological polar surface area (TPSA) is 76.4 Å². The molecule has 0 fully saturated rings. The van der Waals surface area contributed by atoms with E-state index in [9.17, 15) is 4.79 Å². The summed E-state index contributed by atoms with van der Waals surface area (Å²) in [4.78, 5) is 15.6. The average Bonchev–Trinajstić information content (AvgIpc) is 2.69. The largest absolute Gasteiger partial charge is 0.412 e. The van der Waals surface area contributed by atoms with Gasteiger partial charge in [-0.3, -0.25) is 4.79 Å². The molecule has 5 heteroatoms. The molecule has 0 spiro atoms. The summed E-state index contributed by atoms with van der Waals surface area (Å²) in [5.41, 5.74) is 1.69. The van der Waals surface area contributed by atoms with E-state index >= 15 is 0 Å². The van der Waals surface area contributed by atoms with Crippen molar-refractivity contribution in [1.29, 1.82) is 0 Å². The first-order valence-electron chi connectivity index (χ1n) is 6.26. The van der Waals surface area contributed by atoms with Gasteiger partial charge in [0.05, 0.1) is 6.04 Å². The van der Waals surface area contributed by atoms with Crippen LogP contribution in [0.2, 0.25) is 0 Å². The quantitative estimate of drug-likeness (QED) is 0.855. The standard InChI is InChI=1S/C15H20N2O.ClH.H2O/c1-10(17-15(2,3)4)14(18)12-9-16-13-8-6-5-7-11(12)13;;/h5-10,16-17H,1-4H3;1H;1H2. The highest BCUT2D eigenvalue weighted by Gasteiger charge is 2.22. The van der Waals surface area contributed by atoms with Crippen molar-refractivity contribution in [2.24, 2.45) is 0 Å². The number of carbonyl (C=O) groups is 1. The van der Waals surface area contributed by atoms with Crippen molar-refractivity contribution in [3.05, 3.63) is 36.0 Å². The number of nitrogens with one attached hydrogen (secondary N) is 2. The van der Waals surface area contributed by atoms with Gasteiger partial charge in [0.15, 0.2) is 5.78 Å². The number of benzene rings is 1. The van der Waals surface area contributed by atoms with Crippen LogP contribution in [0.25, 0.3) is 10.9 Å². The highest BCUT2D eigenvalue weighted by molar-refractivity contribution is 6.10. The molecule has 0 aliphatic heterocycles. The molecule has 0 saturated carbocycles. The molecule has 0 radical (unpaired) electrons. The van der Waals surface area contributed by atoms with Gasteiger partial charge < -0.3 is 15.8 Å². The van der Waals surface area contributed by atoms with Gasteiger partial charge in [-0.25, -0.2) is 0 Å². The van der Waals surface area contributed by atoms with Crippen molar-refractivity contribution in [2.75, 3.05) is 0 Å². The van der Waals surface area contributed by atoms with Crippen molar-refractivity contribution in [3.63, 3.8) is 0 Å². The van der Waals surface area contributed by atoms with Crippen LogP contribution in [0.1, 0.15) is 38.1 Å². The van der Waals surface area contributed by atoms with Crippen LogP contribution in [0, 0.1) is 0 Å². The molecule has 1 atom stereocenters. The third kappa shape index (κ3) is 4.07. The van der Waals surface area contributed by atoms with Gasteiger partial charge in [-0.15, -0.1) is 12.4 Å². The first-order chi connectivity index (χ1) is 8.38. The van der Waals surface area contributed by atoms with Gasteiger partial charge in [-0.1, -0.05) is 18.2 Å². The summed E-state index contributed by atoms with van der Waals surface area (Å²) in [6.45, 7) is 8.10. The van der Waals surface area contributed by atoms with Crippen LogP contribution in [0.3, 0.4) is 0 Å². The van der Waals surface area contributed by atoms with Crippen molar-refractivity contribution < 1.29 is 10.3 Å². The maximum absolute atomic E-state index is 12.4. The number of hydrogen-bond donors (Lipinski definition) is 2. The number of para-hydroxylation sites is 1. The summed E-state index contributed by atoms with van der Waals surface area (Å²) < 4.78 is 0. The fourth-order valence-corrected chi connectivity index (χ4v) is 2.22. The van der Waals surface area contributed by atoms with Crippen molar-refractivity contribution >= 4 is 29.1 Å². The Labute approximate surface area is 125 Å². The van der Waals surface area contributed by atoms with Gasteiger partial charge in [-0.05, 0) is 33.8 Å². The summed E-state index contributed by atoms with van der Waals surface area (Å²) in [5.74, 6) is 0.127. The van der Waals surface area contributed by atoms with E-state index in [4.69, 9.17) is 0 Å². The Kier molecular flexibility index (Phi) is 6.41. The van der Waals surface area contributed by atoms with Crippen molar-refractivity contribution in [2.45, 2.75) is 39.3 Å². The number of aromatic nitrogens is 1. The van der Waals surface area contributed by atoms with E-state index in [1.54, 1.807) is 6.20 Å². The number of fused-ring (bicyclic) bond motifs is 1. The van der Waals surface area contributed by atoms with Crippen LogP contribution >= 0.6 is 12.4 Å². The van der Waals surface area contributed by atoms with E-state index in [0.29, 0.717) is 0 Å². The SMILES string of the molecule is CC(NC(C)(C)C)C(=O)c1c[nH]c2ccccc12.Cl.O. The fraction of sp³-hybridized carbons (Fsp3) is 0.400. The number of rotatable bonds is 3. The Morgan fingerprint density at radius 1 is 1.25 bits per heavy atom. The number of hydrogen-bond acceptors (Lipinski definition) is 2. The van der Waals surface area contributed by atoms with E-state index in [1.165, 1.54) is 0 Å². The summed E-state index contributed by atoms with van der Waals surface area (Å²) in [5, 5.41) is 4.30. The lowest BCUT2D eigenvalue weighted by Gasteiger charge is -2.25. The second-order valence-electron chi connectivity index (χ2n) is 5.73. The number of ketones is 1. The van der Waals surface area contributed by atoms with E-state index in [0.717, 1.165) is 16.5 Å². The molecular weight excluding hydrogens is 276 g/mol. The minimum Gasteiger partial charge on any atom is -0.412 e. The number of H-pyrrole nitrogens is 1. The van der Waals surface area contributed by atoms with Crippen LogP contribution in [-0.2, 0) is 0 Å². The zero-order chi connectivity index (χ0) is 13.3. The first-order valence-corrected chi connectivity index (χ1v) is 6.26. The molecule has 0 aliphatic carbocycles. The van der Waals surface area contributed by atoms with E-state index < -0.39 is 0 Å². The van der Waals surface area contributed by atoms with Gasteiger partial charge in [0, 0.05) is 28.2 Å². The molecule has 1 heterocycles. The number of halogens is 1. The summed E-state index contributed by atoms with van der Waals surface area (Å²) in [6.07, 6.45) is 1.80. The van der Waals surface area contributed by atoms with E-state index in [-0.39, 0.29) is 35.2 Å². The summed E-state index contributed by atoms with van der Waals surface area (Å²) >= 11 is 0. The second-order valence-corrected chi connectivity index (χ2v) is 5.73. The van der Waals surface area contributed by atoms with Crippen LogP contribution < -0.4 is 5.32 Å². The average molecular weight is 299 g/mol. The van der Waals surface area contributed by atoms with Gasteiger partial charge >= 0.3 is 0 Å². The Balaban J connectivity index is 0.00000180. The lowest BCUT2D eigenvalue weighted by atomic mass is 10.0. The molecule has 4 nitrogen and oxygen atoms in total. The third-order valence-electron chi connectivity index (χ3n) is 2.90. The molecule has 2 rings (SSSR count). The van der Waals surface area contributed by atoms with Gasteiger partial charge in [0.25, 0.3) is 0 Å². The molecule has 0 amide bonds. The molecule has 20 heavy (non-hydrogen) atoms. The molecule has 1 aromatic heterocycles. The molecule has 112 valence electrons. The minimum atomic E-state index is -0.191. The van der Waals surface area contributed by atoms with Crippen LogP contribution in [0.5, 0.6) is 0 Å². The number of carbonyl (C=O) groups excluding carboxylic acids is 1. The van der Waals surface area contributed by atoms with Crippen molar-refractivity contribution in [1.82, 2.24) is 10.3 Å². The normalized spacial score (nSPS) is 12.4. The molecule has 0 aliphatic rings. The van der Waals surface area contributed by atoms with Gasteiger partial charge in [-0.2, -0.15) is 0 Å².